The number of nitrogens with zero attached hydrogens (tertiary/aromatic N) is 2. The molecule has 0 fully saturated rings. The first-order chi connectivity index (χ1) is 8.77. The number of aromatic amines is 1. The van der Waals surface area contributed by atoms with Crippen LogP contribution in [0.3, 0.4) is 0 Å². The summed E-state index contributed by atoms with van der Waals surface area (Å²) in [6.07, 6.45) is -4.86. The average Bonchev–Trinajstić information content (AvgIpc) is 2.67. The topological polar surface area (TPSA) is 79.6 Å². The molecule has 2 aromatic rings. The van der Waals surface area contributed by atoms with Gasteiger partial charge in [0.05, 0.1) is 10.6 Å². The molecule has 1 aromatic carbocycles. The Morgan fingerprint density at radius 1 is 1.32 bits per heavy atom. The van der Waals surface area contributed by atoms with E-state index in [9.17, 15) is 17.6 Å². The Bertz CT molecular complexity index is 609. The maximum Gasteiger partial charge on any atom is 0.419 e. The zero-order chi connectivity index (χ0) is 14.2. The molecule has 0 atom stereocenters. The maximum atomic E-state index is 13.3. The third-order valence-electron chi connectivity index (χ3n) is 2.09. The van der Waals surface area contributed by atoms with Gasteiger partial charge in [-0.2, -0.15) is 18.2 Å². The largest absolute Gasteiger partial charge is 0.419 e. The molecule has 0 aliphatic heterocycles. The number of benzene rings is 1. The molecule has 102 valence electrons. The van der Waals surface area contributed by atoms with Gasteiger partial charge in [0, 0.05) is 5.69 Å². The third kappa shape index (κ3) is 2.87. The summed E-state index contributed by atoms with van der Waals surface area (Å²) in [5, 5.41) is 7.60. The van der Waals surface area contributed by atoms with Crippen LogP contribution in [0.25, 0.3) is 0 Å². The number of nitrogens with one attached hydrogen (secondary N) is 2. The number of nitrogens with two attached hydrogens (primary N) is 1. The highest BCUT2D eigenvalue weighted by Crippen LogP contribution is 2.36. The van der Waals surface area contributed by atoms with Crippen molar-refractivity contribution >= 4 is 29.2 Å². The summed E-state index contributed by atoms with van der Waals surface area (Å²) in [4.78, 5) is 3.63. The first kappa shape index (κ1) is 13.4. The van der Waals surface area contributed by atoms with Gasteiger partial charge in [0.2, 0.25) is 11.9 Å². The molecule has 19 heavy (non-hydrogen) atoms. The van der Waals surface area contributed by atoms with Crippen LogP contribution in [-0.2, 0) is 6.18 Å². The fraction of sp³-hybridized carbons (Fsp3) is 0.111. The molecule has 4 N–H and O–H groups in total. The van der Waals surface area contributed by atoms with E-state index >= 15 is 0 Å². The van der Waals surface area contributed by atoms with E-state index in [0.29, 0.717) is 6.07 Å². The fourth-order valence-corrected chi connectivity index (χ4v) is 1.55. The number of hydrogen-bond acceptors (Lipinski definition) is 4. The Hall–Kier alpha value is -2.03. The van der Waals surface area contributed by atoms with Gasteiger partial charge >= 0.3 is 6.18 Å². The Balaban J connectivity index is 2.39. The molecule has 0 radical (unpaired) electrons. The number of H-pyrrole nitrogens is 1. The summed E-state index contributed by atoms with van der Waals surface area (Å²) in [5.41, 5.74) is 3.66. The van der Waals surface area contributed by atoms with Crippen molar-refractivity contribution in [2.24, 2.45) is 0 Å². The van der Waals surface area contributed by atoms with Crippen LogP contribution in [0, 0.1) is 5.82 Å². The van der Waals surface area contributed by atoms with Gasteiger partial charge in [-0.25, -0.2) is 9.49 Å². The van der Waals surface area contributed by atoms with Gasteiger partial charge in [0.15, 0.2) is 5.82 Å². The molecule has 0 bridgehead atoms. The zero-order valence-electron chi connectivity index (χ0n) is 9.02. The van der Waals surface area contributed by atoms with Crippen molar-refractivity contribution in [3.8, 4) is 0 Å². The van der Waals surface area contributed by atoms with Crippen LogP contribution < -0.4 is 11.1 Å². The van der Waals surface area contributed by atoms with Gasteiger partial charge in [-0.15, -0.1) is 5.10 Å². The molecule has 1 aromatic heterocycles. The molecular weight excluding hydrogens is 290 g/mol. The minimum absolute atomic E-state index is 0.0215. The number of nitrogen functional groups attached to an aromatic ring is 1. The lowest BCUT2D eigenvalue weighted by Gasteiger charge is -2.11. The van der Waals surface area contributed by atoms with E-state index in [1.165, 1.54) is 0 Å². The second kappa shape index (κ2) is 4.57. The lowest BCUT2D eigenvalue weighted by Crippen LogP contribution is -2.09. The third-order valence-corrected chi connectivity index (χ3v) is 2.37. The summed E-state index contributed by atoms with van der Waals surface area (Å²) in [6, 6.07) is 1.55. The molecule has 10 heteroatoms. The summed E-state index contributed by atoms with van der Waals surface area (Å²) < 4.78 is 51.0. The van der Waals surface area contributed by atoms with Crippen molar-refractivity contribution in [1.29, 1.82) is 0 Å². The van der Waals surface area contributed by atoms with Gasteiger partial charge in [-0.05, 0) is 12.1 Å². The van der Waals surface area contributed by atoms with Crippen LogP contribution in [0.1, 0.15) is 5.56 Å². The summed E-state index contributed by atoms with van der Waals surface area (Å²) >= 11 is 5.41. The van der Waals surface area contributed by atoms with E-state index in [1.807, 2.05) is 0 Å². The molecule has 0 saturated carbocycles. The standard InChI is InChI=1S/C9H6ClF4N5/c10-5-2-3(16-8-17-7(15)18-19-8)1-4(6(5)11)9(12,13)14/h1-2H,(H4,15,16,17,18,19). The number of aromatic nitrogens is 3. The monoisotopic (exact) mass is 295 g/mol. The molecular formula is C9H6ClF4N5. The molecule has 1 heterocycles. The molecule has 0 saturated heterocycles. The highest BCUT2D eigenvalue weighted by molar-refractivity contribution is 6.31. The number of halogens is 5. The van der Waals surface area contributed by atoms with Crippen LogP contribution in [0.15, 0.2) is 12.1 Å². The van der Waals surface area contributed by atoms with Crippen molar-refractivity contribution in [1.82, 2.24) is 15.2 Å². The summed E-state index contributed by atoms with van der Waals surface area (Å²) in [5.74, 6) is -1.62. The van der Waals surface area contributed by atoms with E-state index < -0.39 is 22.6 Å². The number of hydrogen-bond donors (Lipinski definition) is 3. The van der Waals surface area contributed by atoms with Gasteiger partial charge in [-0.1, -0.05) is 11.6 Å². The second-order valence-electron chi connectivity index (χ2n) is 3.49. The number of alkyl halides is 3. The minimum Gasteiger partial charge on any atom is -0.368 e. The normalized spacial score (nSPS) is 11.6. The van der Waals surface area contributed by atoms with E-state index in [-0.39, 0.29) is 17.6 Å². The van der Waals surface area contributed by atoms with E-state index in [4.69, 9.17) is 17.3 Å². The smallest absolute Gasteiger partial charge is 0.368 e. The predicted molar refractivity (Wildman–Crippen MR) is 60.5 cm³/mol. The van der Waals surface area contributed by atoms with Gasteiger partial charge in [0.1, 0.15) is 0 Å². The van der Waals surface area contributed by atoms with Crippen LogP contribution in [0.2, 0.25) is 5.02 Å². The summed E-state index contributed by atoms with van der Waals surface area (Å²) in [6.45, 7) is 0. The second-order valence-corrected chi connectivity index (χ2v) is 3.89. The highest BCUT2D eigenvalue weighted by atomic mass is 35.5. The number of rotatable bonds is 2. The Morgan fingerprint density at radius 3 is 2.53 bits per heavy atom. The molecule has 0 spiro atoms. The minimum atomic E-state index is -4.86. The van der Waals surface area contributed by atoms with Crippen molar-refractivity contribution in [2.45, 2.75) is 6.18 Å². The lowest BCUT2D eigenvalue weighted by molar-refractivity contribution is -0.139. The van der Waals surface area contributed by atoms with E-state index in [1.54, 1.807) is 0 Å². The Labute approximate surface area is 108 Å². The summed E-state index contributed by atoms with van der Waals surface area (Å²) in [7, 11) is 0. The average molecular weight is 296 g/mol. The molecule has 0 amide bonds. The van der Waals surface area contributed by atoms with Crippen LogP contribution in [0.5, 0.6) is 0 Å². The van der Waals surface area contributed by atoms with E-state index in [2.05, 4.69) is 20.5 Å². The van der Waals surface area contributed by atoms with Gasteiger partial charge in [0.25, 0.3) is 0 Å². The fourth-order valence-electron chi connectivity index (χ4n) is 1.33. The predicted octanol–water partition coefficient (Wildman–Crippen LogP) is 2.94. The van der Waals surface area contributed by atoms with Crippen LogP contribution >= 0.6 is 11.6 Å². The Kier molecular flexibility index (Phi) is 3.23. The maximum absolute atomic E-state index is 13.3. The van der Waals surface area contributed by atoms with E-state index in [0.717, 1.165) is 6.07 Å². The zero-order valence-corrected chi connectivity index (χ0v) is 9.77. The van der Waals surface area contributed by atoms with Gasteiger partial charge in [-0.3, -0.25) is 0 Å². The number of anilines is 3. The quantitative estimate of drug-likeness (QED) is 0.744. The Morgan fingerprint density at radius 2 is 2.00 bits per heavy atom. The van der Waals surface area contributed by atoms with Crippen LogP contribution in [-0.4, -0.2) is 15.2 Å². The van der Waals surface area contributed by atoms with Crippen molar-refractivity contribution in [2.75, 3.05) is 11.1 Å². The first-order valence-electron chi connectivity index (χ1n) is 4.78. The molecule has 2 rings (SSSR count). The molecule has 0 aliphatic rings. The van der Waals surface area contributed by atoms with Crippen molar-refractivity contribution in [3.63, 3.8) is 0 Å². The van der Waals surface area contributed by atoms with Crippen molar-refractivity contribution in [3.05, 3.63) is 28.5 Å². The molecule has 0 aliphatic carbocycles. The van der Waals surface area contributed by atoms with Gasteiger partial charge < -0.3 is 11.1 Å². The molecule has 5 nitrogen and oxygen atoms in total. The molecule has 0 unspecified atom stereocenters. The SMILES string of the molecule is Nc1nc(Nc2cc(Cl)c(F)c(C(F)(F)F)c2)n[nH]1. The lowest BCUT2D eigenvalue weighted by atomic mass is 10.2. The highest BCUT2D eigenvalue weighted by Gasteiger charge is 2.35. The van der Waals surface area contributed by atoms with Crippen molar-refractivity contribution < 1.29 is 17.6 Å². The first-order valence-corrected chi connectivity index (χ1v) is 5.16. The van der Waals surface area contributed by atoms with Crippen LogP contribution in [0.4, 0.5) is 35.1 Å².